The summed E-state index contributed by atoms with van der Waals surface area (Å²) in [6.45, 7) is -3.64. The summed E-state index contributed by atoms with van der Waals surface area (Å²) in [6, 6.07) is 1.28. The fourth-order valence-corrected chi connectivity index (χ4v) is 15.9. The van der Waals surface area contributed by atoms with Crippen LogP contribution in [-0.4, -0.2) is 213 Å². The first-order valence-electron chi connectivity index (χ1n) is 30.4. The van der Waals surface area contributed by atoms with Gasteiger partial charge in [-0.1, -0.05) is 0 Å². The Hall–Kier alpha value is -8.07. The Labute approximate surface area is 569 Å². The number of phosphoric acid groups is 4. The summed E-state index contributed by atoms with van der Waals surface area (Å²) in [5, 5.41) is 32.1. The molecule has 5 aliphatic rings. The molecular weight excluding hydrogens is 1470 g/mol. The van der Waals surface area contributed by atoms with Gasteiger partial charge in [-0.15, -0.1) is 0 Å². The van der Waals surface area contributed by atoms with Gasteiger partial charge in [0.05, 0.1) is 45.7 Å². The third kappa shape index (κ3) is 15.4. The van der Waals surface area contributed by atoms with Crippen LogP contribution in [0.2, 0.25) is 0 Å². The lowest BCUT2D eigenvalue weighted by Gasteiger charge is -2.25. The number of hydrogen-bond acceptors (Lipinski definition) is 37. The number of nitrogens with one attached hydrogen (secondary N) is 4. The van der Waals surface area contributed by atoms with Gasteiger partial charge in [0.1, 0.15) is 110 Å². The maximum absolute atomic E-state index is 14.3. The Morgan fingerprint density at radius 1 is 0.524 bits per heavy atom. The molecule has 4 unspecified atom stereocenters. The van der Waals surface area contributed by atoms with Crippen molar-refractivity contribution in [2.45, 2.75) is 131 Å². The number of rotatable bonds is 26. The van der Waals surface area contributed by atoms with E-state index in [0.29, 0.717) is 4.57 Å². The number of aromatic amines is 4. The Kier molecular flexibility index (Phi) is 20.2. The number of aliphatic hydroxyl groups excluding tert-OH is 3. The fraction of sp³-hybridized carbons (Fsp3) is 0.531. The number of H-pyrrole nitrogens is 4. The van der Waals surface area contributed by atoms with E-state index >= 15 is 0 Å². The van der Waals surface area contributed by atoms with Crippen molar-refractivity contribution in [2.75, 3.05) is 56.0 Å². The number of anilines is 4. The van der Waals surface area contributed by atoms with Crippen molar-refractivity contribution >= 4 is 88.3 Å². The molecule has 13 heterocycles. The topological polar surface area (TPSA) is 714 Å². The van der Waals surface area contributed by atoms with Crippen LogP contribution in [0.15, 0.2) is 66.2 Å². The molecule has 8 aromatic rings. The highest BCUT2D eigenvalue weighted by atomic mass is 31.2. The summed E-state index contributed by atoms with van der Waals surface area (Å²) in [5.41, 5.74) is 16.7. The summed E-state index contributed by atoms with van der Waals surface area (Å²) < 4.78 is 134. The van der Waals surface area contributed by atoms with Crippen molar-refractivity contribution < 1.29 is 113 Å². The molecule has 20 atom stereocenters. The van der Waals surface area contributed by atoms with Gasteiger partial charge in [0, 0.05) is 43.6 Å². The molecule has 54 heteroatoms. The number of aliphatic hydroxyl groups is 3. The highest BCUT2D eigenvalue weighted by Gasteiger charge is 2.51. The number of aromatic nitrogens is 16. The Morgan fingerprint density at radius 3 is 1.54 bits per heavy atom. The number of imidazole rings is 3. The van der Waals surface area contributed by atoms with E-state index in [2.05, 4.69) is 54.8 Å². The molecule has 0 bridgehead atoms. The van der Waals surface area contributed by atoms with Crippen LogP contribution in [-0.2, 0) is 78.1 Å². The van der Waals surface area contributed by atoms with E-state index in [1.807, 2.05) is 0 Å². The molecule has 5 aliphatic heterocycles. The molecular formula is C49H62N20O30P4. The quantitative estimate of drug-likeness (QED) is 0.0228. The normalized spacial score (nSPS) is 29.8. The van der Waals surface area contributed by atoms with Crippen LogP contribution >= 0.6 is 31.3 Å². The Balaban J connectivity index is 0.707. The number of hydrogen-bond donors (Lipinski definition) is 15. The van der Waals surface area contributed by atoms with Crippen molar-refractivity contribution in [3.8, 4) is 0 Å². The predicted molar refractivity (Wildman–Crippen MR) is 336 cm³/mol. The number of phosphoric ester groups is 4. The van der Waals surface area contributed by atoms with Crippen LogP contribution in [0, 0.1) is 6.92 Å². The zero-order valence-corrected chi connectivity index (χ0v) is 56.1. The number of nitrogens with zero attached hydrogens (tertiary/aromatic N) is 12. The van der Waals surface area contributed by atoms with Crippen LogP contribution < -0.4 is 56.7 Å². The molecule has 19 N–H and O–H groups in total. The molecule has 5 fully saturated rings. The van der Waals surface area contributed by atoms with Crippen molar-refractivity contribution in [1.29, 1.82) is 0 Å². The molecule has 8 aromatic heterocycles. The lowest BCUT2D eigenvalue weighted by atomic mass is 10.1. The molecule has 0 aromatic carbocycles. The molecule has 5 saturated heterocycles. The van der Waals surface area contributed by atoms with Gasteiger partial charge in [-0.3, -0.25) is 88.8 Å². The number of nitrogen functional groups attached to an aromatic ring is 4. The van der Waals surface area contributed by atoms with Crippen molar-refractivity contribution in [2.24, 2.45) is 0 Å². The first kappa shape index (κ1) is 73.3. The molecule has 0 saturated carbocycles. The van der Waals surface area contributed by atoms with Crippen LogP contribution in [0.3, 0.4) is 0 Å². The molecule has 0 aliphatic carbocycles. The number of ether oxygens (including phenoxy) is 5. The van der Waals surface area contributed by atoms with Crippen LogP contribution in [0.25, 0.3) is 33.5 Å². The number of nitrogens with two attached hydrogens (primary N) is 4. The Bertz CT molecular complexity index is 5140. The summed E-state index contributed by atoms with van der Waals surface area (Å²) in [4.78, 5) is 159. The first-order valence-corrected chi connectivity index (χ1v) is 36.4. The number of aryl methyl sites for hydroxylation is 1. The first-order chi connectivity index (χ1) is 48.7. The standard InChI is InChI=1S/C49H62N20O30P4/c1-17-8-66(48(77)64-41(17)73)29-5-19(23(92-29)10-88-102(83,84)98-21-7-31(68-16-57-33-39(68)60-45(52)62-42(33)74)94-25(21)12-87-100(79,80)96-18-4-28(91-22(18)9-70)65-3-2-27(50)58-47(65)76)97-101(81,82)89-11-24-20(6-30(93-24)67-15-56-32-37(51)54-14-55-38(32)67)99-103(85,86)90-13-26-35(71)36(72)44(95-26)69-40-34(59-49(69)78)43(75)63-46(53)61-40/h2-3,8,14-16,18-26,28-31,35-36,44,70-72H,4-7,9-13H2,1H3,(H,59,78)(H,79,80)(H,81,82)(H,83,84)(H,85,86)(H2,50,58,76)(H2,51,54,55)(H,64,73,77)(H3,52,60,62,74)(H3,53,61,63,75)/t18-,19-,20-,21-,22+,23+,24+,25+,26+,28+,29+,30+,31+,35+,36+,44+/m0/s1. The van der Waals surface area contributed by atoms with Gasteiger partial charge in [-0.05, 0) is 13.0 Å². The second-order valence-corrected chi connectivity index (χ2v) is 29.3. The van der Waals surface area contributed by atoms with Gasteiger partial charge in [-0.2, -0.15) is 15.0 Å². The van der Waals surface area contributed by atoms with Crippen LogP contribution in [0.4, 0.5) is 23.5 Å². The molecule has 50 nitrogen and oxygen atoms in total. The summed E-state index contributed by atoms with van der Waals surface area (Å²) >= 11 is 0. The van der Waals surface area contributed by atoms with Gasteiger partial charge < -0.3 is 81.5 Å². The minimum absolute atomic E-state index is 0.0239. The minimum Gasteiger partial charge on any atom is -0.394 e. The van der Waals surface area contributed by atoms with Gasteiger partial charge in [0.25, 0.3) is 16.7 Å². The summed E-state index contributed by atoms with van der Waals surface area (Å²) in [7, 11) is -21.8. The van der Waals surface area contributed by atoms with Gasteiger partial charge in [0.15, 0.2) is 40.0 Å². The third-order valence-corrected chi connectivity index (χ3v) is 20.9. The summed E-state index contributed by atoms with van der Waals surface area (Å²) in [5.74, 6) is -0.961. The van der Waals surface area contributed by atoms with Crippen molar-refractivity contribution in [3.05, 3.63) is 106 Å². The molecule has 0 radical (unpaired) electrons. The smallest absolute Gasteiger partial charge is 0.394 e. The maximum Gasteiger partial charge on any atom is 0.472 e. The van der Waals surface area contributed by atoms with Gasteiger partial charge in [-0.25, -0.2) is 57.1 Å². The molecule has 103 heavy (non-hydrogen) atoms. The molecule has 0 spiro atoms. The van der Waals surface area contributed by atoms with Crippen molar-refractivity contribution in [1.82, 2.24) is 77.7 Å². The molecule has 0 amide bonds. The van der Waals surface area contributed by atoms with Crippen LogP contribution in [0.5, 0.6) is 0 Å². The van der Waals surface area contributed by atoms with E-state index in [4.69, 9.17) is 82.8 Å². The average molecular weight is 1540 g/mol. The largest absolute Gasteiger partial charge is 0.472 e. The third-order valence-electron chi connectivity index (χ3n) is 16.8. The zero-order valence-electron chi connectivity index (χ0n) is 52.6. The highest BCUT2D eigenvalue weighted by Crippen LogP contribution is 2.55. The van der Waals surface area contributed by atoms with Gasteiger partial charge in [0.2, 0.25) is 11.9 Å². The van der Waals surface area contributed by atoms with E-state index < -0.39 is 222 Å². The SMILES string of the molecule is Cc1cn([C@H]2C[C@H](OP(=O)(O)OC[C@H]3O[C@@H](n4cnc5c(N)ncnc54)C[C@@H]3OP(=O)(O)OC[C@H]3O[C@@H](n4c(=O)[nH]c5c(=O)[nH]c(N)nc54)[C@H](O)[C@@H]3O)[C@@H](COP(=O)(O)O[C@H]3C[C@H](n4cnc5c(=O)[nH]c(N)nc54)O[C@@H]3COP(=O)(O)O[C@H]3C[C@H](n4ccc(N)nc4=O)O[C@@H]3CO)O2)c(=O)[nH]c1=O. The fourth-order valence-electron chi connectivity index (χ4n) is 12.0. The second kappa shape index (κ2) is 28.4. The van der Waals surface area contributed by atoms with E-state index in [0.717, 1.165) is 28.0 Å². The summed E-state index contributed by atoms with van der Waals surface area (Å²) in [6.07, 6.45) is -21.7. The second-order valence-electron chi connectivity index (χ2n) is 23.7. The van der Waals surface area contributed by atoms with E-state index in [1.165, 1.54) is 34.6 Å². The minimum atomic E-state index is -5.57. The van der Waals surface area contributed by atoms with Crippen LogP contribution in [0.1, 0.15) is 62.4 Å². The Morgan fingerprint density at radius 2 is 1.00 bits per heavy atom. The predicted octanol–water partition coefficient (Wildman–Crippen LogP) is -4.40. The van der Waals surface area contributed by atoms with E-state index in [1.54, 1.807) is 0 Å². The zero-order chi connectivity index (χ0) is 73.5. The molecule has 13 rings (SSSR count). The maximum atomic E-state index is 14.3. The van der Waals surface area contributed by atoms with E-state index in [9.17, 15) is 81.9 Å². The van der Waals surface area contributed by atoms with Gasteiger partial charge >= 0.3 is 48.4 Å². The average Bonchev–Trinajstić information content (AvgIpc) is 1.61. The monoisotopic (exact) mass is 1530 g/mol. The van der Waals surface area contributed by atoms with Crippen molar-refractivity contribution in [3.63, 3.8) is 0 Å². The lowest BCUT2D eigenvalue weighted by Crippen LogP contribution is -2.35. The highest BCUT2D eigenvalue weighted by molar-refractivity contribution is 7.48. The number of fused-ring (bicyclic) bond motifs is 3. The van der Waals surface area contributed by atoms with E-state index in [-0.39, 0.29) is 63.1 Å². The lowest BCUT2D eigenvalue weighted by molar-refractivity contribution is -0.0646. The molecule has 558 valence electrons.